The fourth-order valence-electron chi connectivity index (χ4n) is 3.13. The first-order chi connectivity index (χ1) is 11.0. The summed E-state index contributed by atoms with van der Waals surface area (Å²) in [6, 6.07) is 6.27. The molecule has 1 aromatic rings. The molecule has 3 rings (SSSR count). The van der Waals surface area contributed by atoms with Crippen LogP contribution in [0.2, 0.25) is 5.02 Å². The Labute approximate surface area is 141 Å². The van der Waals surface area contributed by atoms with Crippen molar-refractivity contribution >= 4 is 27.5 Å². The van der Waals surface area contributed by atoms with Gasteiger partial charge in [-0.05, 0) is 37.1 Å². The van der Waals surface area contributed by atoms with Crippen LogP contribution in [0.1, 0.15) is 32.1 Å². The molecule has 1 aliphatic heterocycles. The van der Waals surface area contributed by atoms with Gasteiger partial charge < -0.3 is 10.2 Å². The van der Waals surface area contributed by atoms with E-state index in [4.69, 9.17) is 11.6 Å². The largest absolute Gasteiger partial charge is 0.335 e. The molecule has 1 heterocycles. The SMILES string of the molecule is O=C(NC1CCCCC1)N1CC(S(=O)(=O)c2ccc(Cl)cc2)C1. The quantitative estimate of drug-likeness (QED) is 0.905. The van der Waals surface area contributed by atoms with Gasteiger partial charge in [0.25, 0.3) is 0 Å². The number of urea groups is 1. The highest BCUT2D eigenvalue weighted by Gasteiger charge is 2.40. The number of carbonyl (C=O) groups excluding carboxylic acids is 1. The van der Waals surface area contributed by atoms with Gasteiger partial charge >= 0.3 is 6.03 Å². The molecule has 5 nitrogen and oxygen atoms in total. The van der Waals surface area contributed by atoms with Gasteiger partial charge in [-0.15, -0.1) is 0 Å². The first-order valence-electron chi connectivity index (χ1n) is 8.02. The third-order valence-corrected chi connectivity index (χ3v) is 7.01. The molecule has 1 aromatic carbocycles. The number of likely N-dealkylation sites (tertiary alicyclic amines) is 1. The molecule has 126 valence electrons. The monoisotopic (exact) mass is 356 g/mol. The summed E-state index contributed by atoms with van der Waals surface area (Å²) in [6.45, 7) is 0.507. The van der Waals surface area contributed by atoms with Gasteiger partial charge in [0.15, 0.2) is 9.84 Å². The Morgan fingerprint density at radius 1 is 1.09 bits per heavy atom. The van der Waals surface area contributed by atoms with E-state index in [2.05, 4.69) is 5.32 Å². The number of nitrogens with zero attached hydrogens (tertiary/aromatic N) is 1. The molecule has 7 heteroatoms. The van der Waals surface area contributed by atoms with Crippen molar-refractivity contribution in [2.75, 3.05) is 13.1 Å². The number of amides is 2. The van der Waals surface area contributed by atoms with Crippen LogP contribution in [0.4, 0.5) is 4.79 Å². The Morgan fingerprint density at radius 2 is 1.70 bits per heavy atom. The van der Waals surface area contributed by atoms with Gasteiger partial charge in [-0.25, -0.2) is 13.2 Å². The molecule has 0 bridgehead atoms. The molecule has 1 N–H and O–H groups in total. The average molecular weight is 357 g/mol. The van der Waals surface area contributed by atoms with Gasteiger partial charge in [0, 0.05) is 24.2 Å². The molecular weight excluding hydrogens is 336 g/mol. The number of rotatable bonds is 3. The van der Waals surface area contributed by atoms with Crippen molar-refractivity contribution < 1.29 is 13.2 Å². The molecule has 0 atom stereocenters. The number of hydrogen-bond acceptors (Lipinski definition) is 3. The van der Waals surface area contributed by atoms with Gasteiger partial charge in [0.1, 0.15) is 5.25 Å². The number of sulfone groups is 1. The van der Waals surface area contributed by atoms with E-state index in [1.807, 2.05) is 0 Å². The Balaban J connectivity index is 1.55. The van der Waals surface area contributed by atoms with E-state index in [0.717, 1.165) is 25.7 Å². The fraction of sp³-hybridized carbons (Fsp3) is 0.562. The van der Waals surface area contributed by atoms with Gasteiger partial charge in [-0.3, -0.25) is 0 Å². The molecule has 1 aliphatic carbocycles. The van der Waals surface area contributed by atoms with Crippen molar-refractivity contribution in [3.05, 3.63) is 29.3 Å². The summed E-state index contributed by atoms with van der Waals surface area (Å²) in [5.74, 6) is 0. The molecule has 0 spiro atoms. The Kier molecular flexibility index (Phi) is 4.82. The molecule has 23 heavy (non-hydrogen) atoms. The number of benzene rings is 1. The second-order valence-electron chi connectivity index (χ2n) is 6.31. The third-order valence-electron chi connectivity index (χ3n) is 4.65. The second kappa shape index (κ2) is 6.69. The maximum absolute atomic E-state index is 12.5. The van der Waals surface area contributed by atoms with Crippen molar-refractivity contribution in [3.63, 3.8) is 0 Å². The van der Waals surface area contributed by atoms with Crippen LogP contribution in [0.3, 0.4) is 0 Å². The van der Waals surface area contributed by atoms with Gasteiger partial charge in [0.2, 0.25) is 0 Å². The predicted molar refractivity (Wildman–Crippen MR) is 89.4 cm³/mol. The lowest BCUT2D eigenvalue weighted by Gasteiger charge is -2.39. The number of nitrogens with one attached hydrogen (secondary N) is 1. The highest BCUT2D eigenvalue weighted by atomic mass is 35.5. The van der Waals surface area contributed by atoms with Crippen LogP contribution < -0.4 is 5.32 Å². The summed E-state index contributed by atoms with van der Waals surface area (Å²) < 4.78 is 25.0. The van der Waals surface area contributed by atoms with E-state index in [-0.39, 0.29) is 30.1 Å². The minimum Gasteiger partial charge on any atom is -0.335 e. The summed E-state index contributed by atoms with van der Waals surface area (Å²) in [6.07, 6.45) is 5.58. The third kappa shape index (κ3) is 3.63. The first kappa shape index (κ1) is 16.6. The van der Waals surface area contributed by atoms with Crippen LogP contribution in [0.25, 0.3) is 0 Å². The van der Waals surface area contributed by atoms with Crippen molar-refractivity contribution in [1.29, 1.82) is 0 Å². The first-order valence-corrected chi connectivity index (χ1v) is 9.94. The van der Waals surface area contributed by atoms with E-state index >= 15 is 0 Å². The standard InChI is InChI=1S/C16H21ClN2O3S/c17-12-6-8-14(9-7-12)23(21,22)15-10-19(11-15)16(20)18-13-4-2-1-3-5-13/h6-9,13,15H,1-5,10-11H2,(H,18,20). The zero-order chi connectivity index (χ0) is 16.4. The number of hydrogen-bond donors (Lipinski definition) is 1. The molecular formula is C16H21ClN2O3S. The van der Waals surface area contributed by atoms with Crippen LogP contribution in [-0.2, 0) is 9.84 Å². The highest BCUT2D eigenvalue weighted by Crippen LogP contribution is 2.25. The summed E-state index contributed by atoms with van der Waals surface area (Å²) in [5.41, 5.74) is 0. The average Bonchev–Trinajstić information content (AvgIpc) is 2.46. The summed E-state index contributed by atoms with van der Waals surface area (Å²) in [4.78, 5) is 14.0. The molecule has 0 unspecified atom stereocenters. The van der Waals surface area contributed by atoms with Crippen LogP contribution in [0.5, 0.6) is 0 Å². The van der Waals surface area contributed by atoms with Crippen LogP contribution >= 0.6 is 11.6 Å². The van der Waals surface area contributed by atoms with Crippen molar-refractivity contribution in [1.82, 2.24) is 10.2 Å². The van der Waals surface area contributed by atoms with E-state index in [0.29, 0.717) is 5.02 Å². The molecule has 2 aliphatic rings. The summed E-state index contributed by atoms with van der Waals surface area (Å²) >= 11 is 5.79. The smallest absolute Gasteiger partial charge is 0.317 e. The molecule has 2 amide bonds. The Morgan fingerprint density at radius 3 is 2.30 bits per heavy atom. The van der Waals surface area contributed by atoms with E-state index < -0.39 is 15.1 Å². The minimum absolute atomic E-state index is 0.139. The van der Waals surface area contributed by atoms with Gasteiger partial charge in [0.05, 0.1) is 4.90 Å². The minimum atomic E-state index is -3.40. The Hall–Kier alpha value is -1.27. The van der Waals surface area contributed by atoms with Crippen molar-refractivity contribution in [2.45, 2.75) is 48.3 Å². The van der Waals surface area contributed by atoms with Crippen molar-refractivity contribution in [2.24, 2.45) is 0 Å². The van der Waals surface area contributed by atoms with Gasteiger partial charge in [-0.2, -0.15) is 0 Å². The number of carbonyl (C=O) groups is 1. The maximum atomic E-state index is 12.5. The molecule has 0 aromatic heterocycles. The normalized spacial score (nSPS) is 20.1. The van der Waals surface area contributed by atoms with Crippen LogP contribution in [0, 0.1) is 0 Å². The lowest BCUT2D eigenvalue weighted by Crippen LogP contribution is -2.60. The predicted octanol–water partition coefficient (Wildman–Crippen LogP) is 2.84. The zero-order valence-corrected chi connectivity index (χ0v) is 14.4. The lowest BCUT2D eigenvalue weighted by atomic mass is 9.96. The molecule has 2 fully saturated rings. The fourth-order valence-corrected chi connectivity index (χ4v) is 4.91. The van der Waals surface area contributed by atoms with Gasteiger partial charge in [-0.1, -0.05) is 30.9 Å². The van der Waals surface area contributed by atoms with Crippen LogP contribution in [0.15, 0.2) is 29.2 Å². The lowest BCUT2D eigenvalue weighted by molar-refractivity contribution is 0.162. The summed E-state index contributed by atoms with van der Waals surface area (Å²) in [5, 5.41) is 2.99. The Bertz CT molecular complexity index is 663. The highest BCUT2D eigenvalue weighted by molar-refractivity contribution is 7.92. The topological polar surface area (TPSA) is 66.5 Å². The van der Waals surface area contributed by atoms with Crippen LogP contribution in [-0.4, -0.2) is 43.7 Å². The second-order valence-corrected chi connectivity index (χ2v) is 8.97. The van der Waals surface area contributed by atoms with E-state index in [1.54, 1.807) is 17.0 Å². The molecule has 1 saturated heterocycles. The summed E-state index contributed by atoms with van der Waals surface area (Å²) in [7, 11) is -3.40. The van der Waals surface area contributed by atoms with E-state index in [9.17, 15) is 13.2 Å². The molecule has 1 saturated carbocycles. The molecule has 0 radical (unpaired) electrons. The van der Waals surface area contributed by atoms with E-state index in [1.165, 1.54) is 18.6 Å². The number of halogens is 1. The van der Waals surface area contributed by atoms with Crippen molar-refractivity contribution in [3.8, 4) is 0 Å². The zero-order valence-electron chi connectivity index (χ0n) is 12.9. The maximum Gasteiger partial charge on any atom is 0.317 e.